The first-order chi connectivity index (χ1) is 10.2. The Balaban J connectivity index is 2.07. The molecule has 0 spiro atoms. The van der Waals surface area contributed by atoms with Crippen molar-refractivity contribution >= 4 is 17.7 Å². The molecule has 120 valence electrons. The third-order valence-electron chi connectivity index (χ3n) is 2.69. The Labute approximate surface area is 130 Å². The molecule has 0 aromatic heterocycles. The van der Waals surface area contributed by atoms with E-state index in [2.05, 4.69) is 10.5 Å². The normalized spacial score (nSPS) is 15.5. The van der Waals surface area contributed by atoms with Gasteiger partial charge < -0.3 is 14.3 Å². The second kappa shape index (κ2) is 6.25. The van der Waals surface area contributed by atoms with E-state index < -0.39 is 11.7 Å². The van der Waals surface area contributed by atoms with Crippen LogP contribution in [0.5, 0.6) is 0 Å². The number of hydrogen-bond donors (Lipinski definition) is 1. The van der Waals surface area contributed by atoms with E-state index in [1.165, 1.54) is 0 Å². The van der Waals surface area contributed by atoms with E-state index in [4.69, 9.17) is 14.3 Å². The van der Waals surface area contributed by atoms with Crippen molar-refractivity contribution in [1.82, 2.24) is 0 Å². The molecule has 0 radical (unpaired) electrons. The molecule has 2 rings (SSSR count). The van der Waals surface area contributed by atoms with Gasteiger partial charge in [0.15, 0.2) is 0 Å². The van der Waals surface area contributed by atoms with Crippen LogP contribution in [0.25, 0.3) is 0 Å². The van der Waals surface area contributed by atoms with Crippen molar-refractivity contribution in [2.45, 2.75) is 52.9 Å². The van der Waals surface area contributed by atoms with Gasteiger partial charge in [-0.05, 0) is 58.0 Å². The SMILES string of the molecule is CC(C)O/N=C1\OCc2cc(NC(=O)OC(C)(C)C)ccc21. The molecule has 0 bridgehead atoms. The highest BCUT2D eigenvalue weighted by Crippen LogP contribution is 2.24. The Morgan fingerprint density at radius 2 is 2.09 bits per heavy atom. The van der Waals surface area contributed by atoms with Gasteiger partial charge in [-0.3, -0.25) is 5.32 Å². The number of carbonyl (C=O) groups excluding carboxylic acids is 1. The number of nitrogens with zero attached hydrogens (tertiary/aromatic N) is 1. The monoisotopic (exact) mass is 306 g/mol. The van der Waals surface area contributed by atoms with Crippen LogP contribution in [0.4, 0.5) is 10.5 Å². The minimum atomic E-state index is -0.530. The van der Waals surface area contributed by atoms with E-state index in [1.807, 2.05) is 46.8 Å². The number of nitrogens with one attached hydrogen (secondary N) is 1. The summed E-state index contributed by atoms with van der Waals surface area (Å²) in [6.45, 7) is 9.66. The van der Waals surface area contributed by atoms with Crippen molar-refractivity contribution in [3.63, 3.8) is 0 Å². The van der Waals surface area contributed by atoms with Gasteiger partial charge in [0.05, 0.1) is 0 Å². The zero-order chi connectivity index (χ0) is 16.3. The van der Waals surface area contributed by atoms with Crippen LogP contribution in [-0.4, -0.2) is 23.7 Å². The van der Waals surface area contributed by atoms with Crippen LogP contribution in [0.1, 0.15) is 45.7 Å². The molecule has 1 amide bonds. The number of hydrogen-bond acceptors (Lipinski definition) is 5. The van der Waals surface area contributed by atoms with E-state index >= 15 is 0 Å². The molecule has 0 saturated heterocycles. The molecule has 6 nitrogen and oxygen atoms in total. The highest BCUT2D eigenvalue weighted by Gasteiger charge is 2.22. The maximum Gasteiger partial charge on any atom is 0.412 e. The fourth-order valence-electron chi connectivity index (χ4n) is 1.87. The van der Waals surface area contributed by atoms with Crippen molar-refractivity contribution in [2.75, 3.05) is 5.32 Å². The Morgan fingerprint density at radius 1 is 1.36 bits per heavy atom. The Hall–Kier alpha value is -2.24. The average molecular weight is 306 g/mol. The van der Waals surface area contributed by atoms with Crippen molar-refractivity contribution in [1.29, 1.82) is 0 Å². The molecule has 0 atom stereocenters. The fourth-order valence-corrected chi connectivity index (χ4v) is 1.87. The summed E-state index contributed by atoms with van der Waals surface area (Å²) in [6.07, 6.45) is -0.489. The number of ether oxygens (including phenoxy) is 2. The highest BCUT2D eigenvalue weighted by molar-refractivity contribution is 5.98. The molecular formula is C16H22N2O4. The predicted molar refractivity (Wildman–Crippen MR) is 83.8 cm³/mol. The molecule has 1 N–H and O–H groups in total. The molecule has 6 heteroatoms. The van der Waals surface area contributed by atoms with Gasteiger partial charge in [-0.2, -0.15) is 0 Å². The molecule has 22 heavy (non-hydrogen) atoms. The predicted octanol–water partition coefficient (Wildman–Crippen LogP) is 3.65. The standard InChI is InChI=1S/C16H22N2O4/c1-10(2)22-18-14-13-7-6-12(8-11(13)9-20-14)17-15(19)21-16(3,4)5/h6-8,10H,9H2,1-5H3,(H,17,19)/b18-14-. The van der Waals surface area contributed by atoms with Gasteiger partial charge in [-0.15, -0.1) is 0 Å². The number of amides is 1. The van der Waals surface area contributed by atoms with Gasteiger partial charge in [0, 0.05) is 16.8 Å². The zero-order valence-corrected chi connectivity index (χ0v) is 13.6. The second-order valence-electron chi connectivity index (χ2n) is 6.34. The van der Waals surface area contributed by atoms with Crippen molar-refractivity contribution in [2.24, 2.45) is 5.16 Å². The van der Waals surface area contributed by atoms with Gasteiger partial charge in [-0.1, -0.05) is 0 Å². The van der Waals surface area contributed by atoms with E-state index in [0.29, 0.717) is 18.2 Å². The first-order valence-electron chi connectivity index (χ1n) is 7.24. The zero-order valence-electron chi connectivity index (χ0n) is 13.6. The summed E-state index contributed by atoms with van der Waals surface area (Å²) in [5, 5.41) is 6.69. The highest BCUT2D eigenvalue weighted by atomic mass is 16.7. The second-order valence-corrected chi connectivity index (χ2v) is 6.34. The molecule has 0 unspecified atom stereocenters. The molecule has 1 aromatic rings. The third kappa shape index (κ3) is 4.38. The van der Waals surface area contributed by atoms with Crippen molar-refractivity contribution < 1.29 is 19.1 Å². The summed E-state index contributed by atoms with van der Waals surface area (Å²) in [7, 11) is 0. The summed E-state index contributed by atoms with van der Waals surface area (Å²) in [4.78, 5) is 17.0. The topological polar surface area (TPSA) is 69.2 Å². The minimum absolute atomic E-state index is 0.00624. The third-order valence-corrected chi connectivity index (χ3v) is 2.69. The van der Waals surface area contributed by atoms with Crippen LogP contribution < -0.4 is 5.32 Å². The average Bonchev–Trinajstić information content (AvgIpc) is 2.76. The number of rotatable bonds is 3. The van der Waals surface area contributed by atoms with Gasteiger partial charge in [0.25, 0.3) is 5.90 Å². The first kappa shape index (κ1) is 16.1. The molecule has 0 aliphatic carbocycles. The molecule has 1 heterocycles. The number of benzene rings is 1. The van der Waals surface area contributed by atoms with Gasteiger partial charge in [0.1, 0.15) is 18.3 Å². The quantitative estimate of drug-likeness (QED) is 0.865. The lowest BCUT2D eigenvalue weighted by Crippen LogP contribution is -2.27. The van der Waals surface area contributed by atoms with E-state index in [0.717, 1.165) is 11.1 Å². The van der Waals surface area contributed by atoms with Crippen LogP contribution in [0.2, 0.25) is 0 Å². The molecule has 1 aliphatic rings. The summed E-state index contributed by atoms with van der Waals surface area (Å²) in [5.41, 5.74) is 1.94. The maximum atomic E-state index is 11.8. The van der Waals surface area contributed by atoms with Crippen LogP contribution >= 0.6 is 0 Å². The number of fused-ring (bicyclic) bond motifs is 1. The van der Waals surface area contributed by atoms with Crippen LogP contribution in [0.3, 0.4) is 0 Å². The molecular weight excluding hydrogens is 284 g/mol. The fraction of sp³-hybridized carbons (Fsp3) is 0.500. The van der Waals surface area contributed by atoms with E-state index in [-0.39, 0.29) is 6.10 Å². The van der Waals surface area contributed by atoms with E-state index in [9.17, 15) is 4.79 Å². The lowest BCUT2D eigenvalue weighted by atomic mass is 10.1. The first-order valence-corrected chi connectivity index (χ1v) is 7.24. The summed E-state index contributed by atoms with van der Waals surface area (Å²) in [6, 6.07) is 5.47. The lowest BCUT2D eigenvalue weighted by molar-refractivity contribution is 0.0636. The molecule has 0 saturated carbocycles. The smallest absolute Gasteiger partial charge is 0.412 e. The van der Waals surface area contributed by atoms with Gasteiger partial charge in [-0.25, -0.2) is 4.79 Å². The largest absolute Gasteiger partial charge is 0.470 e. The van der Waals surface area contributed by atoms with Gasteiger partial charge >= 0.3 is 6.09 Å². The summed E-state index contributed by atoms with van der Waals surface area (Å²) < 4.78 is 10.7. The number of oxime groups is 1. The molecule has 1 aliphatic heterocycles. The van der Waals surface area contributed by atoms with Crippen molar-refractivity contribution in [3.8, 4) is 0 Å². The number of carbonyl (C=O) groups is 1. The van der Waals surface area contributed by atoms with Crippen LogP contribution in [0, 0.1) is 0 Å². The van der Waals surface area contributed by atoms with E-state index in [1.54, 1.807) is 6.07 Å². The maximum absolute atomic E-state index is 11.8. The van der Waals surface area contributed by atoms with Crippen LogP contribution in [0.15, 0.2) is 23.4 Å². The molecule has 1 aromatic carbocycles. The summed E-state index contributed by atoms with van der Waals surface area (Å²) in [5.74, 6) is 0.465. The summed E-state index contributed by atoms with van der Waals surface area (Å²) >= 11 is 0. The Morgan fingerprint density at radius 3 is 2.73 bits per heavy atom. The molecule has 0 fully saturated rings. The number of anilines is 1. The minimum Gasteiger partial charge on any atom is -0.470 e. The Bertz CT molecular complexity index is 588. The Kier molecular flexibility index (Phi) is 4.59. The van der Waals surface area contributed by atoms with Crippen molar-refractivity contribution in [3.05, 3.63) is 29.3 Å². The van der Waals surface area contributed by atoms with Crippen LogP contribution in [-0.2, 0) is 20.9 Å². The lowest BCUT2D eigenvalue weighted by Gasteiger charge is -2.19. The van der Waals surface area contributed by atoms with Gasteiger partial charge in [0.2, 0.25) is 0 Å².